The third-order valence-electron chi connectivity index (χ3n) is 5.18. The molecule has 0 bridgehead atoms. The van der Waals surface area contributed by atoms with E-state index in [0.29, 0.717) is 10.5 Å². The topological polar surface area (TPSA) is 60.9 Å². The molecule has 2 heterocycles. The molecule has 1 saturated heterocycles. The molecular formula is C22H20N2O3S2. The van der Waals surface area contributed by atoms with Crippen LogP contribution >= 0.6 is 24.0 Å². The first-order valence-electron chi connectivity index (χ1n) is 9.34. The molecule has 1 fully saturated rings. The third-order valence-corrected chi connectivity index (χ3v) is 6.51. The van der Waals surface area contributed by atoms with E-state index in [0.717, 1.165) is 36.7 Å². The van der Waals surface area contributed by atoms with Gasteiger partial charge in [0.15, 0.2) is 6.04 Å². The number of carbonyl (C=O) groups excluding carboxylic acids is 1. The lowest BCUT2D eigenvalue weighted by atomic mass is 9.99. The number of aryl methyl sites for hydroxylation is 1. The second-order valence-electron chi connectivity index (χ2n) is 7.12. The zero-order chi connectivity index (χ0) is 20.5. The summed E-state index contributed by atoms with van der Waals surface area (Å²) in [5.41, 5.74) is 3.92. The number of hydrogen-bond acceptors (Lipinski definition) is 5. The fourth-order valence-corrected chi connectivity index (χ4v) is 5.10. The van der Waals surface area contributed by atoms with E-state index in [-0.39, 0.29) is 10.2 Å². The van der Waals surface area contributed by atoms with Crippen molar-refractivity contribution in [3.8, 4) is 0 Å². The zero-order valence-corrected chi connectivity index (χ0v) is 17.5. The molecule has 0 saturated carbocycles. The Bertz CT molecular complexity index is 1020. The number of benzene rings is 2. The molecule has 0 spiro atoms. The summed E-state index contributed by atoms with van der Waals surface area (Å²) in [5, 5.41) is 9.77. The fourth-order valence-electron chi connectivity index (χ4n) is 3.79. The highest BCUT2D eigenvalue weighted by Gasteiger charge is 2.41. The minimum atomic E-state index is -1.13. The summed E-state index contributed by atoms with van der Waals surface area (Å²) >= 11 is 6.53. The molecule has 2 aliphatic heterocycles. The predicted molar refractivity (Wildman–Crippen MR) is 120 cm³/mol. The fraction of sp³-hybridized carbons (Fsp3) is 0.227. The number of rotatable bonds is 4. The van der Waals surface area contributed by atoms with Crippen LogP contribution in [0.1, 0.15) is 29.2 Å². The largest absolute Gasteiger partial charge is 0.479 e. The van der Waals surface area contributed by atoms with Crippen LogP contribution in [0.5, 0.6) is 0 Å². The number of aliphatic carboxylic acids is 1. The van der Waals surface area contributed by atoms with Crippen molar-refractivity contribution in [2.45, 2.75) is 18.9 Å². The molecule has 5 nitrogen and oxygen atoms in total. The van der Waals surface area contributed by atoms with Gasteiger partial charge < -0.3 is 10.0 Å². The van der Waals surface area contributed by atoms with E-state index in [1.165, 1.54) is 16.2 Å². The Balaban J connectivity index is 1.65. The van der Waals surface area contributed by atoms with Crippen molar-refractivity contribution in [3.05, 3.63) is 70.1 Å². The molecule has 2 aliphatic rings. The Hall–Kier alpha value is -2.64. The second-order valence-corrected chi connectivity index (χ2v) is 8.79. The molecule has 4 rings (SSSR count). The van der Waals surface area contributed by atoms with Crippen LogP contribution < -0.4 is 4.90 Å². The lowest BCUT2D eigenvalue weighted by Crippen LogP contribution is -2.37. The van der Waals surface area contributed by atoms with Gasteiger partial charge in [0.05, 0.1) is 4.91 Å². The molecule has 1 N–H and O–H groups in total. The van der Waals surface area contributed by atoms with Crippen LogP contribution in [0.3, 0.4) is 0 Å². The summed E-state index contributed by atoms with van der Waals surface area (Å²) < 4.78 is 0.259. The lowest BCUT2D eigenvalue weighted by molar-refractivity contribution is -0.145. The number of fused-ring (bicyclic) bond motifs is 1. The average molecular weight is 425 g/mol. The average Bonchev–Trinajstić information content (AvgIpc) is 2.97. The van der Waals surface area contributed by atoms with Gasteiger partial charge in [-0.2, -0.15) is 0 Å². The molecule has 7 heteroatoms. The highest BCUT2D eigenvalue weighted by Crippen LogP contribution is 2.39. The van der Waals surface area contributed by atoms with Gasteiger partial charge in [-0.05, 0) is 47.7 Å². The normalized spacial score (nSPS) is 18.9. The highest BCUT2D eigenvalue weighted by atomic mass is 32.2. The maximum atomic E-state index is 13.1. The SMILES string of the molecule is CN1CCCc2cc(/C=C3/SC(=S)N([C@H](C(=O)O)c4ccccc4)C3=O)ccc21. The maximum Gasteiger partial charge on any atom is 0.331 e. The first-order valence-corrected chi connectivity index (χ1v) is 10.6. The van der Waals surface area contributed by atoms with E-state index in [4.69, 9.17) is 12.2 Å². The number of hydrogen-bond donors (Lipinski definition) is 1. The van der Waals surface area contributed by atoms with E-state index in [2.05, 4.69) is 24.1 Å². The summed E-state index contributed by atoms with van der Waals surface area (Å²) in [6.07, 6.45) is 3.92. The molecule has 1 amide bonds. The minimum absolute atomic E-state index is 0.259. The van der Waals surface area contributed by atoms with Crippen molar-refractivity contribution in [3.63, 3.8) is 0 Å². The highest BCUT2D eigenvalue weighted by molar-refractivity contribution is 8.26. The van der Waals surface area contributed by atoms with Gasteiger partial charge in [-0.3, -0.25) is 9.69 Å². The van der Waals surface area contributed by atoms with Gasteiger partial charge in [-0.25, -0.2) is 4.79 Å². The van der Waals surface area contributed by atoms with E-state index >= 15 is 0 Å². The van der Waals surface area contributed by atoms with Crippen LogP contribution in [0, 0.1) is 0 Å². The molecular weight excluding hydrogens is 404 g/mol. The number of amides is 1. The number of anilines is 1. The monoisotopic (exact) mass is 424 g/mol. The quantitative estimate of drug-likeness (QED) is 0.589. The number of thioether (sulfide) groups is 1. The summed E-state index contributed by atoms with van der Waals surface area (Å²) in [6.45, 7) is 1.04. The molecule has 0 radical (unpaired) electrons. The Morgan fingerprint density at radius 3 is 2.72 bits per heavy atom. The van der Waals surface area contributed by atoms with Crippen molar-refractivity contribution < 1.29 is 14.7 Å². The van der Waals surface area contributed by atoms with Crippen LogP contribution in [-0.2, 0) is 16.0 Å². The van der Waals surface area contributed by atoms with Crippen LogP contribution in [0.25, 0.3) is 6.08 Å². The third kappa shape index (κ3) is 3.80. The van der Waals surface area contributed by atoms with Gasteiger partial charge in [0.1, 0.15) is 4.32 Å². The number of nitrogens with zero attached hydrogens (tertiary/aromatic N) is 2. The van der Waals surface area contributed by atoms with Crippen molar-refractivity contribution in [1.82, 2.24) is 4.90 Å². The van der Waals surface area contributed by atoms with E-state index in [9.17, 15) is 14.7 Å². The van der Waals surface area contributed by atoms with Crippen molar-refractivity contribution in [2.75, 3.05) is 18.5 Å². The molecule has 1 atom stereocenters. The van der Waals surface area contributed by atoms with E-state index in [1.807, 2.05) is 6.07 Å². The minimum Gasteiger partial charge on any atom is -0.479 e. The first kappa shape index (κ1) is 19.7. The predicted octanol–water partition coefficient (Wildman–Crippen LogP) is 4.10. The lowest BCUT2D eigenvalue weighted by Gasteiger charge is -2.27. The second kappa shape index (κ2) is 8.00. The number of carboxylic acids is 1. The van der Waals surface area contributed by atoms with Gasteiger partial charge >= 0.3 is 5.97 Å². The van der Waals surface area contributed by atoms with Gasteiger partial charge in [0.2, 0.25) is 0 Å². The Morgan fingerprint density at radius 2 is 2.00 bits per heavy atom. The molecule has 2 aromatic rings. The summed E-state index contributed by atoms with van der Waals surface area (Å²) in [5.74, 6) is -1.48. The van der Waals surface area contributed by atoms with Gasteiger partial charge in [-0.1, -0.05) is 60.4 Å². The smallest absolute Gasteiger partial charge is 0.331 e. The van der Waals surface area contributed by atoms with E-state index in [1.54, 1.807) is 36.4 Å². The maximum absolute atomic E-state index is 13.1. The Labute approximate surface area is 179 Å². The van der Waals surface area contributed by atoms with Crippen molar-refractivity contribution >= 4 is 51.9 Å². The van der Waals surface area contributed by atoms with Crippen molar-refractivity contribution in [1.29, 1.82) is 0 Å². The first-order chi connectivity index (χ1) is 14.0. The molecule has 2 aromatic carbocycles. The molecule has 29 heavy (non-hydrogen) atoms. The van der Waals surface area contributed by atoms with Gasteiger partial charge in [0, 0.05) is 19.3 Å². The summed E-state index contributed by atoms with van der Waals surface area (Å²) in [7, 11) is 2.08. The standard InChI is InChI=1S/C22H20N2O3S2/c1-23-11-5-8-16-12-14(9-10-17(16)23)13-18-20(25)24(22(28)29-18)19(21(26)27)15-6-3-2-4-7-15/h2-4,6-7,9-10,12-13,19H,5,8,11H2,1H3,(H,26,27)/b18-13+/t19-/m0/s1. The van der Waals surface area contributed by atoms with Crippen molar-refractivity contribution in [2.24, 2.45) is 0 Å². The van der Waals surface area contributed by atoms with Crippen LogP contribution in [0.2, 0.25) is 0 Å². The summed E-state index contributed by atoms with van der Waals surface area (Å²) in [4.78, 5) is 28.9. The zero-order valence-electron chi connectivity index (χ0n) is 15.9. The number of carbonyl (C=O) groups is 2. The summed E-state index contributed by atoms with van der Waals surface area (Å²) in [6, 6.07) is 13.7. The molecule has 0 aliphatic carbocycles. The van der Waals surface area contributed by atoms with Gasteiger partial charge in [0.25, 0.3) is 5.91 Å². The van der Waals surface area contributed by atoms with E-state index < -0.39 is 12.0 Å². The van der Waals surface area contributed by atoms with Crippen LogP contribution in [-0.4, -0.2) is 39.8 Å². The number of carboxylic acid groups (broad SMARTS) is 1. The molecule has 148 valence electrons. The molecule has 0 unspecified atom stereocenters. The Kier molecular flexibility index (Phi) is 5.43. The molecule has 0 aromatic heterocycles. The van der Waals surface area contributed by atoms with Crippen LogP contribution in [0.4, 0.5) is 5.69 Å². The Morgan fingerprint density at radius 1 is 1.24 bits per heavy atom. The van der Waals surface area contributed by atoms with Gasteiger partial charge in [-0.15, -0.1) is 0 Å². The van der Waals surface area contributed by atoms with Crippen LogP contribution in [0.15, 0.2) is 53.4 Å². The number of thiocarbonyl (C=S) groups is 1.